The normalized spacial score (nSPS) is 15.9. The summed E-state index contributed by atoms with van der Waals surface area (Å²) in [4.78, 5) is 26.9. The topological polar surface area (TPSA) is 52.6 Å². The molecule has 1 aliphatic rings. The van der Waals surface area contributed by atoms with Crippen LogP contribution in [0, 0.1) is 6.92 Å². The molecule has 1 saturated heterocycles. The van der Waals surface area contributed by atoms with Crippen molar-refractivity contribution in [1.29, 1.82) is 0 Å². The smallest absolute Gasteiger partial charge is 0.236 e. The molecule has 122 valence electrons. The second-order valence-electron chi connectivity index (χ2n) is 5.43. The van der Waals surface area contributed by atoms with Crippen LogP contribution >= 0.6 is 11.6 Å². The van der Waals surface area contributed by atoms with Crippen LogP contribution in [-0.4, -0.2) is 71.5 Å². The summed E-state index contributed by atoms with van der Waals surface area (Å²) >= 11 is 6.00. The molecule has 0 atom stereocenters. The molecule has 7 heteroatoms. The zero-order valence-electron chi connectivity index (χ0n) is 13.5. The molecule has 0 saturated carbocycles. The van der Waals surface area contributed by atoms with Crippen LogP contribution in [0.1, 0.15) is 19.7 Å². The van der Waals surface area contributed by atoms with Gasteiger partial charge in [0.2, 0.25) is 5.91 Å². The van der Waals surface area contributed by atoms with E-state index >= 15 is 0 Å². The van der Waals surface area contributed by atoms with Gasteiger partial charge in [-0.2, -0.15) is 0 Å². The number of hydrogen-bond acceptors (Lipinski definition) is 5. The van der Waals surface area contributed by atoms with Crippen molar-refractivity contribution >= 4 is 23.3 Å². The Labute approximate surface area is 137 Å². The Morgan fingerprint density at radius 2 is 1.86 bits per heavy atom. The Kier molecular flexibility index (Phi) is 5.97. The summed E-state index contributed by atoms with van der Waals surface area (Å²) < 4.78 is 0. The first-order valence-corrected chi connectivity index (χ1v) is 8.17. The molecular weight excluding hydrogens is 302 g/mol. The van der Waals surface area contributed by atoms with Crippen LogP contribution in [0.4, 0.5) is 5.82 Å². The number of hydrogen-bond donors (Lipinski definition) is 0. The molecule has 0 unspecified atom stereocenters. The van der Waals surface area contributed by atoms with Gasteiger partial charge in [0.15, 0.2) is 0 Å². The number of nitrogens with zero attached hydrogens (tertiary/aromatic N) is 5. The Bertz CT molecular complexity index is 492. The minimum Gasteiger partial charge on any atom is -0.354 e. The van der Waals surface area contributed by atoms with E-state index in [1.54, 1.807) is 6.07 Å². The minimum atomic E-state index is 0.208. The third-order valence-corrected chi connectivity index (χ3v) is 4.16. The van der Waals surface area contributed by atoms with Crippen molar-refractivity contribution in [1.82, 2.24) is 19.8 Å². The lowest BCUT2D eigenvalue weighted by atomic mass is 10.3. The van der Waals surface area contributed by atoms with E-state index in [1.165, 1.54) is 0 Å². The maximum atomic E-state index is 12.1. The Morgan fingerprint density at radius 1 is 1.23 bits per heavy atom. The molecule has 1 aromatic rings. The highest BCUT2D eigenvalue weighted by atomic mass is 35.5. The molecular formula is C15H24ClN5O. The molecule has 0 radical (unpaired) electrons. The van der Waals surface area contributed by atoms with Gasteiger partial charge >= 0.3 is 0 Å². The summed E-state index contributed by atoms with van der Waals surface area (Å²) in [7, 11) is 0. The zero-order chi connectivity index (χ0) is 16.1. The average Bonchev–Trinajstić information content (AvgIpc) is 2.48. The highest BCUT2D eigenvalue weighted by Crippen LogP contribution is 2.17. The summed E-state index contributed by atoms with van der Waals surface area (Å²) in [5.74, 6) is 1.76. The van der Waals surface area contributed by atoms with Gasteiger partial charge in [-0.25, -0.2) is 9.97 Å². The second-order valence-corrected chi connectivity index (χ2v) is 5.81. The lowest BCUT2D eigenvalue weighted by Crippen LogP contribution is -2.50. The van der Waals surface area contributed by atoms with E-state index in [4.69, 9.17) is 11.6 Å². The van der Waals surface area contributed by atoms with Gasteiger partial charge in [0, 0.05) is 45.3 Å². The van der Waals surface area contributed by atoms with Crippen molar-refractivity contribution in [2.45, 2.75) is 20.8 Å². The summed E-state index contributed by atoms with van der Waals surface area (Å²) in [6.07, 6.45) is 0. The summed E-state index contributed by atoms with van der Waals surface area (Å²) in [6, 6.07) is 1.80. The number of likely N-dealkylation sites (N-methyl/N-ethyl adjacent to an activating group) is 1. The van der Waals surface area contributed by atoms with Crippen LogP contribution in [0.5, 0.6) is 0 Å². The fraction of sp³-hybridized carbons (Fsp3) is 0.667. The van der Waals surface area contributed by atoms with Crippen LogP contribution in [-0.2, 0) is 4.79 Å². The van der Waals surface area contributed by atoms with Gasteiger partial charge in [-0.05, 0) is 20.8 Å². The number of aromatic nitrogens is 2. The molecule has 1 fully saturated rings. The number of piperazine rings is 1. The van der Waals surface area contributed by atoms with Crippen molar-refractivity contribution < 1.29 is 4.79 Å². The molecule has 2 heterocycles. The van der Waals surface area contributed by atoms with Crippen molar-refractivity contribution in [3.05, 3.63) is 17.0 Å². The highest BCUT2D eigenvalue weighted by Gasteiger charge is 2.21. The Hall–Kier alpha value is -1.40. The van der Waals surface area contributed by atoms with Crippen molar-refractivity contribution in [3.63, 3.8) is 0 Å². The zero-order valence-corrected chi connectivity index (χ0v) is 14.3. The van der Waals surface area contributed by atoms with Crippen LogP contribution in [0.15, 0.2) is 6.07 Å². The second kappa shape index (κ2) is 7.74. The van der Waals surface area contributed by atoms with E-state index in [0.29, 0.717) is 17.5 Å². The van der Waals surface area contributed by atoms with E-state index in [1.807, 2.05) is 25.7 Å². The first-order valence-electron chi connectivity index (χ1n) is 7.79. The van der Waals surface area contributed by atoms with Crippen LogP contribution in [0.3, 0.4) is 0 Å². The maximum Gasteiger partial charge on any atom is 0.236 e. The summed E-state index contributed by atoms with van der Waals surface area (Å²) in [5.41, 5.74) is 0. The van der Waals surface area contributed by atoms with Crippen LogP contribution in [0.25, 0.3) is 0 Å². The number of halogens is 1. The van der Waals surface area contributed by atoms with E-state index < -0.39 is 0 Å². The minimum absolute atomic E-state index is 0.208. The van der Waals surface area contributed by atoms with Crippen molar-refractivity contribution in [2.75, 3.05) is 50.7 Å². The molecule has 2 rings (SSSR count). The van der Waals surface area contributed by atoms with Gasteiger partial charge in [-0.15, -0.1) is 0 Å². The number of anilines is 1. The predicted octanol–water partition coefficient (Wildman–Crippen LogP) is 1.43. The molecule has 6 nitrogen and oxygen atoms in total. The summed E-state index contributed by atoms with van der Waals surface area (Å²) in [6.45, 7) is 11.3. The fourth-order valence-electron chi connectivity index (χ4n) is 2.68. The molecule has 1 amide bonds. The van der Waals surface area contributed by atoms with Gasteiger partial charge in [0.25, 0.3) is 0 Å². The standard InChI is InChI=1S/C15H24ClN5O/c1-4-20(5-2)15(22)11-19-6-8-21(9-7-19)14-10-13(16)17-12(3)18-14/h10H,4-9,11H2,1-3H3. The first kappa shape index (κ1) is 17.0. The van der Waals surface area contributed by atoms with Gasteiger partial charge in [0.1, 0.15) is 16.8 Å². The number of rotatable bonds is 5. The molecule has 0 N–H and O–H groups in total. The molecule has 0 aromatic carbocycles. The number of amides is 1. The van der Waals surface area contributed by atoms with Gasteiger partial charge in [-0.1, -0.05) is 11.6 Å². The molecule has 0 spiro atoms. The van der Waals surface area contributed by atoms with Crippen molar-refractivity contribution in [2.24, 2.45) is 0 Å². The lowest BCUT2D eigenvalue weighted by molar-refractivity contribution is -0.132. The average molecular weight is 326 g/mol. The van der Waals surface area contributed by atoms with Gasteiger partial charge in [-0.3, -0.25) is 9.69 Å². The lowest BCUT2D eigenvalue weighted by Gasteiger charge is -2.35. The summed E-state index contributed by atoms with van der Waals surface area (Å²) in [5, 5.41) is 0.474. The largest absolute Gasteiger partial charge is 0.354 e. The van der Waals surface area contributed by atoms with Crippen LogP contribution in [0.2, 0.25) is 5.15 Å². The van der Waals surface area contributed by atoms with Crippen LogP contribution < -0.4 is 4.90 Å². The number of carbonyl (C=O) groups is 1. The quantitative estimate of drug-likeness (QED) is 0.767. The van der Waals surface area contributed by atoms with Gasteiger partial charge < -0.3 is 9.80 Å². The van der Waals surface area contributed by atoms with Crippen molar-refractivity contribution in [3.8, 4) is 0 Å². The molecule has 1 aromatic heterocycles. The molecule has 0 bridgehead atoms. The number of aryl methyl sites for hydroxylation is 1. The molecule has 1 aliphatic heterocycles. The molecule has 0 aliphatic carbocycles. The fourth-order valence-corrected chi connectivity index (χ4v) is 2.90. The van der Waals surface area contributed by atoms with E-state index in [0.717, 1.165) is 45.1 Å². The Morgan fingerprint density at radius 3 is 2.41 bits per heavy atom. The van der Waals surface area contributed by atoms with E-state index in [9.17, 15) is 4.79 Å². The van der Waals surface area contributed by atoms with E-state index in [2.05, 4.69) is 19.8 Å². The first-order chi connectivity index (χ1) is 10.5. The van der Waals surface area contributed by atoms with E-state index in [-0.39, 0.29) is 5.91 Å². The third kappa shape index (κ3) is 4.30. The number of carbonyl (C=O) groups excluding carboxylic acids is 1. The molecule has 22 heavy (non-hydrogen) atoms. The Balaban J connectivity index is 1.89. The highest BCUT2D eigenvalue weighted by molar-refractivity contribution is 6.29. The predicted molar refractivity (Wildman–Crippen MR) is 88.4 cm³/mol. The SMILES string of the molecule is CCN(CC)C(=O)CN1CCN(c2cc(Cl)nc(C)n2)CC1. The maximum absolute atomic E-state index is 12.1. The monoisotopic (exact) mass is 325 g/mol. The third-order valence-electron chi connectivity index (χ3n) is 3.96. The van der Waals surface area contributed by atoms with Gasteiger partial charge in [0.05, 0.1) is 6.54 Å².